The van der Waals surface area contributed by atoms with Crippen LogP contribution < -0.4 is 10.9 Å². The third-order valence-corrected chi connectivity index (χ3v) is 5.46. The smallest absolute Gasteiger partial charge is 0.253 e. The zero-order valence-electron chi connectivity index (χ0n) is 17.4. The van der Waals surface area contributed by atoms with E-state index in [1.165, 1.54) is 28.5 Å². The van der Waals surface area contributed by atoms with Crippen LogP contribution in [0.2, 0.25) is 0 Å². The van der Waals surface area contributed by atoms with Crippen molar-refractivity contribution in [3.05, 3.63) is 69.6 Å². The number of carbonyl (C=O) groups is 2. The number of likely N-dealkylation sites (tertiary alicyclic amines) is 1. The Bertz CT molecular complexity index is 925. The molecule has 0 radical (unpaired) electrons. The van der Waals surface area contributed by atoms with E-state index in [4.69, 9.17) is 0 Å². The summed E-state index contributed by atoms with van der Waals surface area (Å²) in [6, 6.07) is 10.9. The number of carbonyl (C=O) groups excluding carboxylic acids is 2. The van der Waals surface area contributed by atoms with Gasteiger partial charge in [-0.2, -0.15) is 0 Å². The molecule has 2 aromatic rings. The molecule has 1 atom stereocenters. The Balaban J connectivity index is 1.68. The summed E-state index contributed by atoms with van der Waals surface area (Å²) in [6.45, 7) is 7.65. The van der Waals surface area contributed by atoms with Crippen molar-refractivity contribution < 1.29 is 9.59 Å². The van der Waals surface area contributed by atoms with Crippen LogP contribution in [-0.4, -0.2) is 34.4 Å². The quantitative estimate of drug-likeness (QED) is 0.817. The van der Waals surface area contributed by atoms with E-state index in [0.29, 0.717) is 11.5 Å². The fourth-order valence-electron chi connectivity index (χ4n) is 3.53. The van der Waals surface area contributed by atoms with Crippen molar-refractivity contribution in [3.8, 4) is 0 Å². The Hall–Kier alpha value is -2.89. The molecule has 1 aromatic carbocycles. The number of pyridine rings is 1. The summed E-state index contributed by atoms with van der Waals surface area (Å²) < 4.78 is 1.32. The van der Waals surface area contributed by atoms with E-state index in [1.807, 2.05) is 19.1 Å². The molecule has 1 N–H and O–H groups in total. The first-order valence-electron chi connectivity index (χ1n) is 10.2. The summed E-state index contributed by atoms with van der Waals surface area (Å²) in [7, 11) is 0. The van der Waals surface area contributed by atoms with Crippen molar-refractivity contribution in [2.24, 2.45) is 0 Å². The maximum atomic E-state index is 12.7. The molecule has 6 nitrogen and oxygen atoms in total. The Labute approximate surface area is 171 Å². The molecule has 1 aliphatic rings. The lowest BCUT2D eigenvalue weighted by molar-refractivity contribution is -0.130. The van der Waals surface area contributed by atoms with E-state index in [0.717, 1.165) is 31.5 Å². The lowest BCUT2D eigenvalue weighted by Crippen LogP contribution is -2.35. The van der Waals surface area contributed by atoms with E-state index in [-0.39, 0.29) is 30.0 Å². The number of nitrogens with zero attached hydrogens (tertiary/aromatic N) is 2. The van der Waals surface area contributed by atoms with Crippen LogP contribution >= 0.6 is 0 Å². The summed E-state index contributed by atoms with van der Waals surface area (Å²) in [4.78, 5) is 38.9. The van der Waals surface area contributed by atoms with Gasteiger partial charge in [0.25, 0.3) is 11.5 Å². The van der Waals surface area contributed by atoms with Crippen molar-refractivity contribution in [1.29, 1.82) is 0 Å². The number of amides is 2. The molecule has 1 fully saturated rings. The van der Waals surface area contributed by atoms with Gasteiger partial charge in [-0.15, -0.1) is 0 Å². The number of hydrogen-bond donors (Lipinski definition) is 1. The summed E-state index contributed by atoms with van der Waals surface area (Å²) in [5.41, 5.74) is 2.35. The third kappa shape index (κ3) is 5.13. The summed E-state index contributed by atoms with van der Waals surface area (Å²) >= 11 is 0. The predicted molar refractivity (Wildman–Crippen MR) is 113 cm³/mol. The minimum Gasteiger partial charge on any atom is -0.345 e. The van der Waals surface area contributed by atoms with Gasteiger partial charge in [0.05, 0.1) is 11.6 Å². The van der Waals surface area contributed by atoms with E-state index in [1.54, 1.807) is 4.90 Å². The van der Waals surface area contributed by atoms with E-state index in [9.17, 15) is 14.4 Å². The molecular formula is C23H29N3O3. The van der Waals surface area contributed by atoms with E-state index < -0.39 is 0 Å². The van der Waals surface area contributed by atoms with Gasteiger partial charge in [0.2, 0.25) is 5.91 Å². The van der Waals surface area contributed by atoms with Crippen LogP contribution in [0.15, 0.2) is 47.4 Å². The first-order chi connectivity index (χ1) is 13.8. The summed E-state index contributed by atoms with van der Waals surface area (Å²) in [5, 5.41) is 2.97. The van der Waals surface area contributed by atoms with Crippen LogP contribution in [-0.2, 0) is 11.3 Å². The molecule has 2 heterocycles. The van der Waals surface area contributed by atoms with Crippen LogP contribution in [0.3, 0.4) is 0 Å². The van der Waals surface area contributed by atoms with Gasteiger partial charge in [-0.3, -0.25) is 14.4 Å². The van der Waals surface area contributed by atoms with Gasteiger partial charge < -0.3 is 14.8 Å². The molecule has 0 saturated carbocycles. The molecular weight excluding hydrogens is 366 g/mol. The molecule has 154 valence electrons. The monoisotopic (exact) mass is 395 g/mol. The maximum Gasteiger partial charge on any atom is 0.253 e. The minimum atomic E-state index is -0.286. The lowest BCUT2D eigenvalue weighted by Gasteiger charge is -2.17. The number of aromatic nitrogens is 1. The zero-order chi connectivity index (χ0) is 21.0. The second kappa shape index (κ2) is 9.07. The van der Waals surface area contributed by atoms with Crippen molar-refractivity contribution >= 4 is 11.8 Å². The maximum absolute atomic E-state index is 12.7. The number of rotatable bonds is 6. The van der Waals surface area contributed by atoms with Gasteiger partial charge in [-0.05, 0) is 42.9 Å². The third-order valence-electron chi connectivity index (χ3n) is 5.46. The van der Waals surface area contributed by atoms with Crippen LogP contribution in [0, 0.1) is 0 Å². The SMILES string of the molecule is CC(C)c1ccc([C@@H](C)NC(=O)c2ccc(=O)n(CC(=O)N3CCCC3)c2)cc1. The molecule has 0 spiro atoms. The predicted octanol–water partition coefficient (Wildman–Crippen LogP) is 3.09. The Kier molecular flexibility index (Phi) is 6.52. The molecule has 0 unspecified atom stereocenters. The van der Waals surface area contributed by atoms with Crippen molar-refractivity contribution in [2.75, 3.05) is 13.1 Å². The van der Waals surface area contributed by atoms with Crippen LogP contribution in [0.25, 0.3) is 0 Å². The molecule has 1 saturated heterocycles. The molecule has 0 bridgehead atoms. The van der Waals surface area contributed by atoms with Gasteiger partial charge >= 0.3 is 0 Å². The standard InChI is InChI=1S/C23H29N3O3/c1-16(2)18-6-8-19(9-7-18)17(3)24-23(29)20-10-11-21(27)26(14-20)15-22(28)25-12-4-5-13-25/h6-11,14,16-17H,4-5,12-13,15H2,1-3H3,(H,24,29)/t17-/m1/s1. The van der Waals surface area contributed by atoms with Crippen molar-refractivity contribution in [3.63, 3.8) is 0 Å². The van der Waals surface area contributed by atoms with Crippen molar-refractivity contribution in [1.82, 2.24) is 14.8 Å². The second-order valence-electron chi connectivity index (χ2n) is 7.99. The van der Waals surface area contributed by atoms with Crippen molar-refractivity contribution in [2.45, 2.75) is 52.1 Å². The first-order valence-corrected chi connectivity index (χ1v) is 10.2. The molecule has 29 heavy (non-hydrogen) atoms. The highest BCUT2D eigenvalue weighted by Gasteiger charge is 2.19. The van der Waals surface area contributed by atoms with Gasteiger partial charge in [0.15, 0.2) is 0 Å². The van der Waals surface area contributed by atoms with Gasteiger partial charge in [-0.25, -0.2) is 0 Å². The van der Waals surface area contributed by atoms with Gasteiger partial charge in [-0.1, -0.05) is 38.1 Å². The molecule has 1 aromatic heterocycles. The molecule has 2 amide bonds. The Morgan fingerprint density at radius 1 is 0.966 bits per heavy atom. The average molecular weight is 396 g/mol. The highest BCUT2D eigenvalue weighted by molar-refractivity contribution is 5.94. The van der Waals surface area contributed by atoms with Crippen LogP contribution in [0.1, 0.15) is 67.1 Å². The largest absolute Gasteiger partial charge is 0.345 e. The number of nitrogens with one attached hydrogen (secondary N) is 1. The molecule has 3 rings (SSSR count). The number of benzene rings is 1. The summed E-state index contributed by atoms with van der Waals surface area (Å²) in [6.07, 6.45) is 3.47. The Morgan fingerprint density at radius 2 is 1.59 bits per heavy atom. The highest BCUT2D eigenvalue weighted by Crippen LogP contribution is 2.19. The fraction of sp³-hybridized carbons (Fsp3) is 0.435. The van der Waals surface area contributed by atoms with Crippen LogP contribution in [0.5, 0.6) is 0 Å². The average Bonchev–Trinajstić information content (AvgIpc) is 3.24. The highest BCUT2D eigenvalue weighted by atomic mass is 16.2. The van der Waals surface area contributed by atoms with Crippen LogP contribution in [0.4, 0.5) is 0 Å². The molecule has 6 heteroatoms. The normalized spacial score (nSPS) is 14.8. The fourth-order valence-corrected chi connectivity index (χ4v) is 3.53. The topological polar surface area (TPSA) is 71.4 Å². The second-order valence-corrected chi connectivity index (χ2v) is 7.99. The molecule has 1 aliphatic heterocycles. The number of hydrogen-bond acceptors (Lipinski definition) is 3. The Morgan fingerprint density at radius 3 is 2.21 bits per heavy atom. The van der Waals surface area contributed by atoms with Gasteiger partial charge in [0, 0.05) is 25.4 Å². The molecule has 0 aliphatic carbocycles. The zero-order valence-corrected chi connectivity index (χ0v) is 17.4. The van der Waals surface area contributed by atoms with E-state index >= 15 is 0 Å². The lowest BCUT2D eigenvalue weighted by atomic mass is 9.99. The summed E-state index contributed by atoms with van der Waals surface area (Å²) in [5.74, 6) is 0.104. The minimum absolute atomic E-state index is 0.0355. The van der Waals surface area contributed by atoms with Gasteiger partial charge in [0.1, 0.15) is 6.54 Å². The first kappa shape index (κ1) is 20.8. The van der Waals surface area contributed by atoms with E-state index in [2.05, 4.69) is 31.3 Å².